The normalized spacial score (nSPS) is 19.1. The number of nitrogens with one attached hydrogen (secondary N) is 2. The summed E-state index contributed by atoms with van der Waals surface area (Å²) < 4.78 is 14.0. The van der Waals surface area contributed by atoms with Gasteiger partial charge >= 0.3 is 5.97 Å². The Balaban J connectivity index is 1.43. The van der Waals surface area contributed by atoms with Crippen molar-refractivity contribution in [2.45, 2.75) is 105 Å². The van der Waals surface area contributed by atoms with Crippen LogP contribution in [0.5, 0.6) is 5.75 Å². The van der Waals surface area contributed by atoms with Crippen molar-refractivity contribution in [3.63, 3.8) is 0 Å². The van der Waals surface area contributed by atoms with E-state index in [-0.39, 0.29) is 31.9 Å². The van der Waals surface area contributed by atoms with Gasteiger partial charge in [0.05, 0.1) is 31.4 Å². The molecule has 2 aliphatic rings. The van der Waals surface area contributed by atoms with Gasteiger partial charge in [-0.3, -0.25) is 34.0 Å². The molecule has 1 fully saturated rings. The number of esters is 1. The van der Waals surface area contributed by atoms with Crippen LogP contribution >= 0.6 is 0 Å². The number of aliphatic hydroxyl groups excluding tert-OH is 1. The second kappa shape index (κ2) is 20.7. The van der Waals surface area contributed by atoms with Crippen molar-refractivity contribution < 1.29 is 43.7 Å². The Hall–Kier alpha value is -5.88. The summed E-state index contributed by atoms with van der Waals surface area (Å²) >= 11 is 0. The molecule has 4 heterocycles. The van der Waals surface area contributed by atoms with Gasteiger partial charge in [0.1, 0.15) is 30.1 Å². The monoisotopic (exact) mass is 910 g/mol. The van der Waals surface area contributed by atoms with Crippen LogP contribution < -0.4 is 16.5 Å². The molecule has 6 rings (SSSR count). The number of cyclic esters (lactones) is 1. The van der Waals surface area contributed by atoms with E-state index in [2.05, 4.69) is 53.2 Å². The molecule has 0 unspecified atom stereocenters. The molecule has 2 aliphatic heterocycles. The van der Waals surface area contributed by atoms with E-state index in [1.54, 1.807) is 39.3 Å². The van der Waals surface area contributed by atoms with Gasteiger partial charge in [0.15, 0.2) is 0 Å². The third-order valence-corrected chi connectivity index (χ3v) is 12.7. The van der Waals surface area contributed by atoms with E-state index in [9.17, 15) is 34.2 Å². The van der Waals surface area contributed by atoms with Crippen molar-refractivity contribution >= 4 is 40.5 Å². The van der Waals surface area contributed by atoms with Gasteiger partial charge in [-0.2, -0.15) is 0 Å². The molecule has 66 heavy (non-hydrogen) atoms. The molecular weight excluding hydrogens is 845 g/mol. The van der Waals surface area contributed by atoms with Crippen LogP contribution in [0.2, 0.25) is 0 Å². The molecule has 0 radical (unpaired) electrons. The number of aryl methyl sites for hydroxylation is 1. The second-order valence-electron chi connectivity index (χ2n) is 18.9. The van der Waals surface area contributed by atoms with Gasteiger partial charge in [-0.05, 0) is 97.2 Å². The number of carbonyl (C=O) groups is 5. The minimum Gasteiger partial charge on any atom is -0.508 e. The highest BCUT2D eigenvalue weighted by Crippen LogP contribution is 2.41. The highest BCUT2D eigenvalue weighted by molar-refractivity contribution is 5.96. The van der Waals surface area contributed by atoms with E-state index in [0.29, 0.717) is 43.5 Å². The Morgan fingerprint density at radius 3 is 2.52 bits per heavy atom. The van der Waals surface area contributed by atoms with Crippen molar-refractivity contribution in [1.82, 2.24) is 35.1 Å². The number of aliphatic hydroxyl groups is 1. The maximum absolute atomic E-state index is 14.7. The predicted octanol–water partition coefficient (Wildman–Crippen LogP) is 3.75. The van der Waals surface area contributed by atoms with Crippen molar-refractivity contribution in [2.75, 3.05) is 40.9 Å². The maximum atomic E-state index is 14.7. The number of hydrazine groups is 1. The highest BCUT2D eigenvalue weighted by Gasteiger charge is 2.38. The first kappa shape index (κ1) is 49.6. The fourth-order valence-corrected chi connectivity index (χ4v) is 9.16. The first-order valence-corrected chi connectivity index (χ1v) is 22.6. The molecule has 17 heteroatoms. The fraction of sp³-hybridized carbons (Fsp3) is 0.510. The molecule has 1 saturated heterocycles. The number of hydrogen-bond donors (Lipinski definition) is 5. The van der Waals surface area contributed by atoms with Gasteiger partial charge < -0.3 is 45.1 Å². The molecule has 2 aromatic carbocycles. The lowest BCUT2D eigenvalue weighted by atomic mass is 9.84. The van der Waals surface area contributed by atoms with Crippen LogP contribution in [0.4, 0.5) is 0 Å². The van der Waals surface area contributed by atoms with Crippen LogP contribution in [-0.2, 0) is 59.4 Å². The lowest BCUT2D eigenvalue weighted by Gasteiger charge is -2.37. The van der Waals surface area contributed by atoms with Crippen LogP contribution in [-0.4, -0.2) is 129 Å². The van der Waals surface area contributed by atoms with Gasteiger partial charge in [-0.1, -0.05) is 39.8 Å². The van der Waals surface area contributed by atoms with Gasteiger partial charge in [-0.15, -0.1) is 0 Å². The molecule has 4 amide bonds. The Bertz CT molecular complexity index is 2450. The number of likely N-dealkylation sites (N-methyl/N-ethyl adjacent to an activating group) is 2. The van der Waals surface area contributed by atoms with Gasteiger partial charge in [0.2, 0.25) is 17.7 Å². The number of aromatic nitrogens is 2. The summed E-state index contributed by atoms with van der Waals surface area (Å²) in [4.78, 5) is 76.3. The van der Waals surface area contributed by atoms with E-state index < -0.39 is 71.2 Å². The largest absolute Gasteiger partial charge is 0.508 e. The lowest BCUT2D eigenvalue weighted by molar-refractivity contribution is -0.155. The van der Waals surface area contributed by atoms with E-state index in [1.807, 2.05) is 24.4 Å². The Kier molecular flexibility index (Phi) is 15.6. The lowest BCUT2D eigenvalue weighted by Crippen LogP contribution is -2.62. The van der Waals surface area contributed by atoms with Crippen LogP contribution in [0.1, 0.15) is 71.1 Å². The van der Waals surface area contributed by atoms with Crippen molar-refractivity contribution in [1.29, 1.82) is 0 Å². The first-order chi connectivity index (χ1) is 31.2. The standard InChI is InChI=1S/C49H66N8O9/c1-10-56-40-14-13-31-22-35(40)36(43(56)37-24-51-16-15-32(37)26-65-9)23-49(5,6)27-66-48(64)38-12-11-17-57(53-38)47(63)39(20-30-18-33(31)21-34(58)19-30)52-45(61)42(28(2)3)55(8)41(59)25-54(7)46(62)29(4)44(50)60/h13-16,18-19,21-22,24,28-29,38-39,42,44,53,58,60H,10-12,17,20,23,25-27,50H2,1-9H3,(H,52,61)/t29-,38-,39-,42-,44+/m0/s1. The quantitative estimate of drug-likeness (QED) is 0.101. The molecule has 6 bridgehead atoms. The molecule has 356 valence electrons. The molecule has 17 nitrogen and oxygen atoms in total. The van der Waals surface area contributed by atoms with Crippen LogP contribution in [0.25, 0.3) is 33.3 Å². The summed E-state index contributed by atoms with van der Waals surface area (Å²) in [6, 6.07) is 10.1. The maximum Gasteiger partial charge on any atom is 0.324 e. The molecule has 6 N–H and O–H groups in total. The number of ether oxygens (including phenoxy) is 2. The third kappa shape index (κ3) is 10.9. The average Bonchev–Trinajstić information content (AvgIpc) is 3.57. The summed E-state index contributed by atoms with van der Waals surface area (Å²) in [5.74, 6) is -4.18. The molecular formula is C49H66N8O9. The number of phenolic OH excluding ortho intramolecular Hbond substituents is 1. The number of methoxy groups -OCH3 is 1. The molecule has 0 saturated carbocycles. The fourth-order valence-electron chi connectivity index (χ4n) is 9.16. The summed E-state index contributed by atoms with van der Waals surface area (Å²) in [5.41, 5.74) is 15.0. The van der Waals surface area contributed by atoms with E-state index in [0.717, 1.165) is 43.8 Å². The van der Waals surface area contributed by atoms with E-state index >= 15 is 0 Å². The number of amides is 4. The molecule has 0 spiro atoms. The van der Waals surface area contributed by atoms with Crippen LogP contribution in [0, 0.1) is 17.3 Å². The zero-order valence-corrected chi connectivity index (χ0v) is 39.6. The number of fused-ring (bicyclic) bond motifs is 6. The zero-order chi connectivity index (χ0) is 48.2. The Morgan fingerprint density at radius 1 is 1.09 bits per heavy atom. The first-order valence-electron chi connectivity index (χ1n) is 22.6. The summed E-state index contributed by atoms with van der Waals surface area (Å²) in [6.07, 6.45) is 3.57. The second-order valence-corrected chi connectivity index (χ2v) is 18.9. The van der Waals surface area contributed by atoms with Crippen LogP contribution in [0.15, 0.2) is 54.9 Å². The van der Waals surface area contributed by atoms with Gasteiger partial charge in [0.25, 0.3) is 5.91 Å². The number of rotatable bonds is 12. The summed E-state index contributed by atoms with van der Waals surface area (Å²) in [6.45, 7) is 12.2. The summed E-state index contributed by atoms with van der Waals surface area (Å²) in [5, 5.41) is 26.3. The summed E-state index contributed by atoms with van der Waals surface area (Å²) in [7, 11) is 4.53. The zero-order valence-electron chi connectivity index (χ0n) is 39.6. The number of benzene rings is 2. The molecule has 0 aliphatic carbocycles. The van der Waals surface area contributed by atoms with Crippen molar-refractivity contribution in [3.05, 3.63) is 71.5 Å². The van der Waals surface area contributed by atoms with E-state index in [1.165, 1.54) is 30.9 Å². The number of phenols is 1. The van der Waals surface area contributed by atoms with Gasteiger partial charge in [-0.25, -0.2) is 5.43 Å². The highest BCUT2D eigenvalue weighted by atomic mass is 16.5. The topological polar surface area (TPSA) is 222 Å². The van der Waals surface area contributed by atoms with Crippen molar-refractivity contribution in [3.8, 4) is 28.1 Å². The number of hydrogen-bond acceptors (Lipinski definition) is 12. The number of nitrogens with two attached hydrogens (primary N) is 1. The number of pyridine rings is 1. The molecule has 2 aromatic heterocycles. The van der Waals surface area contributed by atoms with Crippen molar-refractivity contribution in [2.24, 2.45) is 23.0 Å². The van der Waals surface area contributed by atoms with Crippen LogP contribution in [0.3, 0.4) is 0 Å². The van der Waals surface area contributed by atoms with Gasteiger partial charge in [0, 0.05) is 75.0 Å². The number of aromatic hydroxyl groups is 1. The Morgan fingerprint density at radius 2 is 1.83 bits per heavy atom. The van der Waals surface area contributed by atoms with E-state index in [4.69, 9.17) is 15.2 Å². The predicted molar refractivity (Wildman–Crippen MR) is 249 cm³/mol. The minimum atomic E-state index is -1.42. The minimum absolute atomic E-state index is 0.0401. The molecule has 5 atom stereocenters. The average molecular weight is 911 g/mol. The SMILES string of the molecule is CCn1c(-c2cnccc2COC)c2c3cc(ccc31)-c1cc(O)cc(c1)C[C@H](NC(=O)[C@H](C(C)C)N(C)C(=O)CN(C)C(=O)[C@@H](C)[C@H](N)O)C(=O)N1CCC[C@H](N1)C(=O)OCC(C)(C)C2. The molecule has 4 aromatic rings. The third-order valence-electron chi connectivity index (χ3n) is 12.7. The number of carbonyl (C=O) groups excluding carboxylic acids is 5. The Labute approximate surface area is 386 Å². The smallest absolute Gasteiger partial charge is 0.324 e. The number of nitrogens with zero attached hydrogens (tertiary/aromatic N) is 5.